The maximum absolute atomic E-state index is 10.3. The highest BCUT2D eigenvalue weighted by Crippen LogP contribution is 2.11. The molecule has 0 aliphatic rings. The second-order valence-electron chi connectivity index (χ2n) is 2.12. The van der Waals surface area contributed by atoms with Crippen molar-refractivity contribution in [3.63, 3.8) is 0 Å². The van der Waals surface area contributed by atoms with Crippen LogP contribution in [0.1, 0.15) is 5.69 Å². The largest absolute Gasteiger partial charge is 0.434 e. The number of nitro groups is 1. The fraction of sp³-hybridized carbons (Fsp3) is 0.400. The molecule has 7 heteroatoms. The molecule has 1 aromatic heterocycles. The van der Waals surface area contributed by atoms with Crippen LogP contribution in [0.25, 0.3) is 0 Å². The number of halogens is 1. The Kier molecular flexibility index (Phi) is 2.98. The minimum atomic E-state index is -0.531. The highest BCUT2D eigenvalue weighted by Gasteiger charge is 2.16. The summed E-state index contributed by atoms with van der Waals surface area (Å²) in [6.07, 6.45) is 1.43. The quantitative estimate of drug-likeness (QED) is 0.474. The molecule has 1 heterocycles. The summed E-state index contributed by atoms with van der Waals surface area (Å²) in [4.78, 5) is 13.4. The summed E-state index contributed by atoms with van der Waals surface area (Å²) in [5, 5.41) is 10.3. The topological polar surface area (TPSA) is 70.2 Å². The first-order chi connectivity index (χ1) is 5.66. The van der Waals surface area contributed by atoms with Gasteiger partial charge >= 0.3 is 5.95 Å². The fourth-order valence-electron chi connectivity index (χ4n) is 0.793. The predicted molar refractivity (Wildman–Crippen MR) is 48.7 cm³/mol. The predicted octanol–water partition coefficient (Wildman–Crippen LogP) is 1.19. The Morgan fingerprint density at radius 3 is 3.00 bits per heavy atom. The molecule has 0 aromatic carbocycles. The van der Waals surface area contributed by atoms with E-state index in [0.717, 1.165) is 0 Å². The third kappa shape index (κ3) is 1.72. The summed E-state index contributed by atoms with van der Waals surface area (Å²) in [7, 11) is 1.58. The molecular formula is C5H6IN3O3. The molecular weight excluding hydrogens is 277 g/mol. The van der Waals surface area contributed by atoms with Crippen LogP contribution in [-0.4, -0.2) is 14.5 Å². The van der Waals surface area contributed by atoms with Crippen LogP contribution in [0, 0.1) is 10.1 Å². The van der Waals surface area contributed by atoms with Crippen LogP contribution in [0.5, 0.6) is 0 Å². The maximum atomic E-state index is 10.3. The van der Waals surface area contributed by atoms with Gasteiger partial charge in [0, 0.05) is 0 Å². The summed E-state index contributed by atoms with van der Waals surface area (Å²) in [6, 6.07) is 0. The smallest absolute Gasteiger partial charge is 0.390 e. The normalized spacial score (nSPS) is 10.2. The molecule has 12 heavy (non-hydrogen) atoms. The number of imidazole rings is 1. The first-order valence-corrected chi connectivity index (χ1v) is 3.93. The Hall–Kier alpha value is -0.700. The Morgan fingerprint density at radius 1 is 1.92 bits per heavy atom. The molecule has 0 amide bonds. The lowest BCUT2D eigenvalue weighted by Gasteiger charge is -1.96. The van der Waals surface area contributed by atoms with E-state index in [4.69, 9.17) is 3.07 Å². The van der Waals surface area contributed by atoms with Gasteiger partial charge in [0.15, 0.2) is 0 Å². The van der Waals surface area contributed by atoms with Gasteiger partial charge in [0.1, 0.15) is 41.5 Å². The number of nitrogens with zero attached hydrogens (tertiary/aromatic N) is 3. The highest BCUT2D eigenvalue weighted by molar-refractivity contribution is 14.1. The summed E-state index contributed by atoms with van der Waals surface area (Å²) in [6.45, 7) is 0.317. The molecule has 0 fully saturated rings. The molecule has 1 rings (SSSR count). The third-order valence-electron chi connectivity index (χ3n) is 1.43. The van der Waals surface area contributed by atoms with E-state index in [2.05, 4.69) is 4.98 Å². The van der Waals surface area contributed by atoms with Crippen molar-refractivity contribution in [2.24, 2.45) is 7.05 Å². The van der Waals surface area contributed by atoms with Gasteiger partial charge in [0.25, 0.3) is 0 Å². The Morgan fingerprint density at radius 2 is 2.58 bits per heavy atom. The van der Waals surface area contributed by atoms with E-state index in [1.54, 1.807) is 30.1 Å². The molecule has 0 unspecified atom stereocenters. The van der Waals surface area contributed by atoms with E-state index in [1.165, 1.54) is 10.8 Å². The average Bonchev–Trinajstić information content (AvgIpc) is 2.34. The number of aromatic nitrogens is 2. The highest BCUT2D eigenvalue weighted by atomic mass is 127. The zero-order chi connectivity index (χ0) is 9.14. The lowest BCUT2D eigenvalue weighted by molar-refractivity contribution is -0.396. The Bertz CT molecular complexity index is 298. The van der Waals surface area contributed by atoms with Gasteiger partial charge in [0.05, 0.1) is 7.05 Å². The molecule has 0 N–H and O–H groups in total. The second kappa shape index (κ2) is 3.81. The van der Waals surface area contributed by atoms with Crippen LogP contribution >= 0.6 is 23.0 Å². The van der Waals surface area contributed by atoms with Gasteiger partial charge in [0.2, 0.25) is 0 Å². The third-order valence-corrected chi connectivity index (χ3v) is 1.74. The van der Waals surface area contributed by atoms with Crippen LogP contribution < -0.4 is 0 Å². The monoisotopic (exact) mass is 283 g/mol. The van der Waals surface area contributed by atoms with Gasteiger partial charge in [-0.3, -0.25) is 0 Å². The second-order valence-corrected chi connectivity index (χ2v) is 2.74. The van der Waals surface area contributed by atoms with Crippen LogP contribution in [0.2, 0.25) is 0 Å². The van der Waals surface area contributed by atoms with Crippen molar-refractivity contribution in [1.82, 2.24) is 9.55 Å². The summed E-state index contributed by atoms with van der Waals surface area (Å²) in [5.74, 6) is -0.168. The zero-order valence-electron chi connectivity index (χ0n) is 6.23. The SMILES string of the molecule is Cn1c(COI)cnc1[N+](=O)[O-]. The van der Waals surface area contributed by atoms with Crippen LogP contribution in [-0.2, 0) is 16.7 Å². The van der Waals surface area contributed by atoms with Crippen molar-refractivity contribution in [3.8, 4) is 0 Å². The molecule has 0 saturated heterocycles. The van der Waals surface area contributed by atoms with E-state index >= 15 is 0 Å². The zero-order valence-corrected chi connectivity index (χ0v) is 8.39. The van der Waals surface area contributed by atoms with E-state index < -0.39 is 4.92 Å². The standard InChI is InChI=1S/C5H6IN3O3/c1-8-4(3-12-6)2-7-5(8)9(10)11/h2H,3H2,1H3. The van der Waals surface area contributed by atoms with Gasteiger partial charge < -0.3 is 13.2 Å². The Balaban J connectivity index is 2.96. The Labute approximate surface area is 82.4 Å². The van der Waals surface area contributed by atoms with Crippen LogP contribution in [0.4, 0.5) is 5.95 Å². The molecule has 0 radical (unpaired) electrons. The van der Waals surface area contributed by atoms with Crippen LogP contribution in [0.15, 0.2) is 6.20 Å². The number of hydrogen-bond acceptors (Lipinski definition) is 4. The van der Waals surface area contributed by atoms with Crippen molar-refractivity contribution < 1.29 is 7.99 Å². The molecule has 1 aromatic rings. The fourth-order valence-corrected chi connectivity index (χ4v) is 1.11. The minimum absolute atomic E-state index is 0.168. The molecule has 0 spiro atoms. The van der Waals surface area contributed by atoms with Crippen molar-refractivity contribution in [2.45, 2.75) is 6.61 Å². The van der Waals surface area contributed by atoms with Crippen LogP contribution in [0.3, 0.4) is 0 Å². The summed E-state index contributed by atoms with van der Waals surface area (Å²) >= 11 is 1.72. The molecule has 6 nitrogen and oxygen atoms in total. The molecule has 66 valence electrons. The molecule has 0 aliphatic heterocycles. The lowest BCUT2D eigenvalue weighted by atomic mass is 10.5. The molecule has 0 saturated carbocycles. The first kappa shape index (κ1) is 9.39. The van der Waals surface area contributed by atoms with Crippen molar-refractivity contribution >= 4 is 29.0 Å². The maximum Gasteiger partial charge on any atom is 0.434 e. The van der Waals surface area contributed by atoms with Crippen molar-refractivity contribution in [2.75, 3.05) is 0 Å². The molecule has 0 atom stereocenters. The van der Waals surface area contributed by atoms with Gasteiger partial charge in [-0.25, -0.2) is 4.57 Å². The number of hydrogen-bond donors (Lipinski definition) is 0. The molecule has 0 bridgehead atoms. The van der Waals surface area contributed by atoms with E-state index in [1.807, 2.05) is 0 Å². The van der Waals surface area contributed by atoms with Crippen molar-refractivity contribution in [3.05, 3.63) is 22.0 Å². The minimum Gasteiger partial charge on any atom is -0.390 e. The summed E-state index contributed by atoms with van der Waals surface area (Å²) < 4.78 is 6.18. The van der Waals surface area contributed by atoms with E-state index in [-0.39, 0.29) is 5.95 Å². The summed E-state index contributed by atoms with van der Waals surface area (Å²) in [5.41, 5.74) is 0.677. The van der Waals surface area contributed by atoms with Crippen molar-refractivity contribution in [1.29, 1.82) is 0 Å². The molecule has 0 aliphatic carbocycles. The van der Waals surface area contributed by atoms with Gasteiger partial charge in [-0.2, -0.15) is 0 Å². The van der Waals surface area contributed by atoms with E-state index in [0.29, 0.717) is 12.3 Å². The van der Waals surface area contributed by atoms with Gasteiger partial charge in [-0.1, -0.05) is 4.98 Å². The number of rotatable bonds is 3. The van der Waals surface area contributed by atoms with Gasteiger partial charge in [-0.05, 0) is 4.92 Å². The van der Waals surface area contributed by atoms with E-state index in [9.17, 15) is 10.1 Å². The lowest BCUT2D eigenvalue weighted by Crippen LogP contribution is -2.01. The van der Waals surface area contributed by atoms with Gasteiger partial charge in [-0.15, -0.1) is 0 Å². The average molecular weight is 283 g/mol. The first-order valence-electron chi connectivity index (χ1n) is 3.05.